The van der Waals surface area contributed by atoms with E-state index in [1.165, 1.54) is 49.7 Å². The van der Waals surface area contributed by atoms with Gasteiger partial charge in [0.1, 0.15) is 6.04 Å². The second-order valence-electron chi connectivity index (χ2n) is 7.99. The molecule has 0 radical (unpaired) electrons. The molecule has 3 aromatic rings. The van der Waals surface area contributed by atoms with Crippen LogP contribution >= 0.6 is 11.3 Å². The number of sulfonamides is 1. The first-order valence-corrected chi connectivity index (χ1v) is 13.3. The summed E-state index contributed by atoms with van der Waals surface area (Å²) in [6, 6.07) is 16.3. The number of hydrogen-bond acceptors (Lipinski definition) is 8. The molecule has 0 saturated carbocycles. The fraction of sp³-hybridized carbons (Fsp3) is 0.200. The van der Waals surface area contributed by atoms with Crippen molar-refractivity contribution in [1.29, 1.82) is 0 Å². The molecule has 0 saturated heterocycles. The van der Waals surface area contributed by atoms with E-state index in [9.17, 15) is 27.6 Å². The minimum Gasteiger partial charge on any atom is -0.454 e. The summed E-state index contributed by atoms with van der Waals surface area (Å²) in [5, 5.41) is 6.44. The van der Waals surface area contributed by atoms with Crippen LogP contribution in [0.5, 0.6) is 0 Å². The molecular weight excluding hydrogens is 518 g/mol. The molecule has 1 heterocycles. The van der Waals surface area contributed by atoms with Gasteiger partial charge in [0.05, 0.1) is 9.77 Å². The number of ether oxygens (including phenoxy) is 1. The first kappa shape index (κ1) is 27.7. The molecule has 3 amide bonds. The predicted molar refractivity (Wildman–Crippen MR) is 136 cm³/mol. The summed E-state index contributed by atoms with van der Waals surface area (Å²) in [6.45, 7) is -0.752. The molecule has 194 valence electrons. The van der Waals surface area contributed by atoms with Crippen LogP contribution in [0.1, 0.15) is 25.6 Å². The maximum absolute atomic E-state index is 12.7. The molecule has 12 heteroatoms. The number of esters is 1. The van der Waals surface area contributed by atoms with Crippen LogP contribution in [-0.4, -0.2) is 63.2 Å². The van der Waals surface area contributed by atoms with Crippen molar-refractivity contribution in [3.8, 4) is 0 Å². The Balaban J connectivity index is 1.59. The van der Waals surface area contributed by atoms with Gasteiger partial charge in [-0.3, -0.25) is 19.7 Å². The van der Waals surface area contributed by atoms with E-state index in [2.05, 4.69) is 10.6 Å². The highest BCUT2D eigenvalue weighted by Gasteiger charge is 2.25. The van der Waals surface area contributed by atoms with E-state index in [0.29, 0.717) is 4.88 Å². The highest BCUT2D eigenvalue weighted by atomic mass is 32.2. The van der Waals surface area contributed by atoms with Crippen molar-refractivity contribution < 1.29 is 32.3 Å². The Hall–Kier alpha value is -3.87. The normalized spacial score (nSPS) is 12.0. The molecule has 0 bridgehead atoms. The summed E-state index contributed by atoms with van der Waals surface area (Å²) in [6.07, 6.45) is 0.138. The van der Waals surface area contributed by atoms with Gasteiger partial charge in [0, 0.05) is 26.1 Å². The molecule has 2 N–H and O–H groups in total. The molecule has 0 aliphatic rings. The van der Waals surface area contributed by atoms with E-state index in [1.54, 1.807) is 41.8 Å². The zero-order valence-electron chi connectivity index (χ0n) is 20.0. The van der Waals surface area contributed by atoms with Gasteiger partial charge in [-0.05, 0) is 41.3 Å². The molecular formula is C25H25N3O7S2. The van der Waals surface area contributed by atoms with Gasteiger partial charge in [0.15, 0.2) is 6.61 Å². The molecule has 10 nitrogen and oxygen atoms in total. The Bertz CT molecular complexity index is 1360. The Morgan fingerprint density at radius 3 is 2.19 bits per heavy atom. The largest absolute Gasteiger partial charge is 0.454 e. The summed E-state index contributed by atoms with van der Waals surface area (Å²) in [5.41, 5.74) is 0.817. The molecule has 0 aliphatic heterocycles. The van der Waals surface area contributed by atoms with Crippen molar-refractivity contribution in [3.05, 3.63) is 88.1 Å². The van der Waals surface area contributed by atoms with Crippen LogP contribution in [0.2, 0.25) is 0 Å². The first-order chi connectivity index (χ1) is 17.6. The second kappa shape index (κ2) is 12.4. The van der Waals surface area contributed by atoms with Crippen LogP contribution in [0.25, 0.3) is 0 Å². The number of carbonyl (C=O) groups excluding carboxylic acids is 4. The number of carbonyl (C=O) groups is 4. The standard InChI is InChI=1S/C25H25N3O7S2/c1-28(2)37(33,34)19-12-10-18(11-13-19)23(30)27-22(29)16-35-25(32)20(15-17-7-4-3-5-8-17)26-24(31)21-9-6-14-36-21/h3-14,20H,15-16H2,1-2H3,(H,26,31)(H,27,29,30)/t20-/m0/s1. The SMILES string of the molecule is CN(C)S(=O)(=O)c1ccc(C(=O)NC(=O)COC(=O)[C@H](Cc2ccccc2)NC(=O)c2cccs2)cc1. The summed E-state index contributed by atoms with van der Waals surface area (Å²) in [5.74, 6) is -2.96. The van der Waals surface area contributed by atoms with Crippen LogP contribution in [0.4, 0.5) is 0 Å². The van der Waals surface area contributed by atoms with Crippen LogP contribution < -0.4 is 10.6 Å². The maximum Gasteiger partial charge on any atom is 0.329 e. The van der Waals surface area contributed by atoms with Gasteiger partial charge in [0.25, 0.3) is 17.7 Å². The average molecular weight is 544 g/mol. The molecule has 2 aromatic carbocycles. The van der Waals surface area contributed by atoms with Gasteiger partial charge in [-0.2, -0.15) is 0 Å². The first-order valence-electron chi connectivity index (χ1n) is 11.0. The highest BCUT2D eigenvalue weighted by Crippen LogP contribution is 2.14. The Kier molecular flexibility index (Phi) is 9.28. The number of imide groups is 1. The number of rotatable bonds is 10. The van der Waals surface area contributed by atoms with Crippen LogP contribution in [0.15, 0.2) is 77.0 Å². The Labute approximate surface area is 218 Å². The molecule has 0 aliphatic carbocycles. The number of benzene rings is 2. The molecule has 3 rings (SSSR count). The second-order valence-corrected chi connectivity index (χ2v) is 11.1. The number of nitrogens with zero attached hydrogens (tertiary/aromatic N) is 1. The third-order valence-corrected chi connectivity index (χ3v) is 7.81. The lowest BCUT2D eigenvalue weighted by atomic mass is 10.1. The van der Waals surface area contributed by atoms with Gasteiger partial charge < -0.3 is 10.1 Å². The maximum atomic E-state index is 12.7. The van der Waals surface area contributed by atoms with Crippen molar-refractivity contribution in [1.82, 2.24) is 14.9 Å². The van der Waals surface area contributed by atoms with E-state index >= 15 is 0 Å². The van der Waals surface area contributed by atoms with Gasteiger partial charge >= 0.3 is 5.97 Å². The molecule has 37 heavy (non-hydrogen) atoms. The molecule has 1 atom stereocenters. The van der Waals surface area contributed by atoms with E-state index in [1.807, 2.05) is 6.07 Å². The zero-order chi connectivity index (χ0) is 27.0. The van der Waals surface area contributed by atoms with Crippen molar-refractivity contribution >= 4 is 45.1 Å². The summed E-state index contributed by atoms with van der Waals surface area (Å²) < 4.78 is 30.4. The lowest BCUT2D eigenvalue weighted by Crippen LogP contribution is -2.44. The number of thiophene rings is 1. The number of amides is 3. The minimum atomic E-state index is -3.67. The quantitative estimate of drug-likeness (QED) is 0.372. The van der Waals surface area contributed by atoms with Crippen molar-refractivity contribution in [3.63, 3.8) is 0 Å². The predicted octanol–water partition coefficient (Wildman–Crippen LogP) is 1.84. The van der Waals surface area contributed by atoms with Crippen LogP contribution in [0, 0.1) is 0 Å². The van der Waals surface area contributed by atoms with Gasteiger partial charge in [0.2, 0.25) is 10.0 Å². The van der Waals surface area contributed by atoms with Crippen molar-refractivity contribution in [2.45, 2.75) is 17.4 Å². The lowest BCUT2D eigenvalue weighted by molar-refractivity contribution is -0.150. The molecule has 0 unspecified atom stereocenters. The van der Waals surface area contributed by atoms with Crippen molar-refractivity contribution in [2.75, 3.05) is 20.7 Å². The van der Waals surface area contributed by atoms with Crippen LogP contribution in [0.3, 0.4) is 0 Å². The third kappa shape index (κ3) is 7.56. The fourth-order valence-electron chi connectivity index (χ4n) is 3.14. The van der Waals surface area contributed by atoms with E-state index in [4.69, 9.17) is 4.74 Å². The van der Waals surface area contributed by atoms with Gasteiger partial charge in [-0.15, -0.1) is 11.3 Å². The summed E-state index contributed by atoms with van der Waals surface area (Å²) in [7, 11) is -0.901. The topological polar surface area (TPSA) is 139 Å². The summed E-state index contributed by atoms with van der Waals surface area (Å²) in [4.78, 5) is 50.2. The number of nitrogens with one attached hydrogen (secondary N) is 2. The Morgan fingerprint density at radius 1 is 0.919 bits per heavy atom. The van der Waals surface area contributed by atoms with Gasteiger partial charge in [-0.25, -0.2) is 17.5 Å². The van der Waals surface area contributed by atoms with Gasteiger partial charge in [-0.1, -0.05) is 36.4 Å². The third-order valence-electron chi connectivity index (χ3n) is 5.11. The number of hydrogen-bond donors (Lipinski definition) is 2. The Morgan fingerprint density at radius 2 is 1.59 bits per heavy atom. The smallest absolute Gasteiger partial charge is 0.329 e. The molecule has 0 fully saturated rings. The monoisotopic (exact) mass is 543 g/mol. The van der Waals surface area contributed by atoms with Crippen LogP contribution in [-0.2, 0) is 30.8 Å². The summed E-state index contributed by atoms with van der Waals surface area (Å²) >= 11 is 1.22. The lowest BCUT2D eigenvalue weighted by Gasteiger charge is -2.17. The zero-order valence-corrected chi connectivity index (χ0v) is 21.7. The van der Waals surface area contributed by atoms with E-state index in [-0.39, 0.29) is 16.9 Å². The van der Waals surface area contributed by atoms with E-state index in [0.717, 1.165) is 9.87 Å². The fourth-order valence-corrected chi connectivity index (χ4v) is 4.67. The average Bonchev–Trinajstić information content (AvgIpc) is 3.43. The molecule has 0 spiro atoms. The molecule has 1 aromatic heterocycles. The highest BCUT2D eigenvalue weighted by molar-refractivity contribution is 7.89. The van der Waals surface area contributed by atoms with Crippen molar-refractivity contribution in [2.24, 2.45) is 0 Å². The van der Waals surface area contributed by atoms with E-state index < -0.39 is 46.4 Å². The minimum absolute atomic E-state index is 0.0108.